The molecule has 1 aromatic heterocycles. The molecule has 0 bridgehead atoms. The van der Waals surface area contributed by atoms with Crippen molar-refractivity contribution in [3.8, 4) is 0 Å². The van der Waals surface area contributed by atoms with Crippen LogP contribution in [0.25, 0.3) is 0 Å². The summed E-state index contributed by atoms with van der Waals surface area (Å²) in [5, 5.41) is 8.33. The Morgan fingerprint density at radius 2 is 2.05 bits per heavy atom. The number of anilines is 1. The molecule has 19 heavy (non-hydrogen) atoms. The molecule has 3 N–H and O–H groups in total. The van der Waals surface area contributed by atoms with Crippen molar-refractivity contribution >= 4 is 46.0 Å². The maximum absolute atomic E-state index is 7.68. The van der Waals surface area contributed by atoms with E-state index in [-0.39, 0.29) is 5.96 Å². The first-order valence-corrected chi connectivity index (χ1v) is 7.00. The van der Waals surface area contributed by atoms with Crippen LogP contribution in [-0.4, -0.2) is 10.9 Å². The minimum atomic E-state index is -0.0615. The van der Waals surface area contributed by atoms with Gasteiger partial charge in [-0.1, -0.05) is 29.8 Å². The van der Waals surface area contributed by atoms with E-state index in [1.165, 1.54) is 0 Å². The number of nitrogens with zero attached hydrogens (tertiary/aromatic N) is 2. The maximum Gasteiger partial charge on any atom is 0.194 e. The molecule has 0 aliphatic carbocycles. The summed E-state index contributed by atoms with van der Waals surface area (Å²) in [4.78, 5) is 5.89. The largest absolute Gasteiger partial charge is 0.370 e. The predicted octanol–water partition coefficient (Wildman–Crippen LogP) is 3.24. The van der Waals surface area contributed by atoms with Crippen LogP contribution in [0.1, 0.15) is 5.56 Å². The molecule has 0 amide bonds. The van der Waals surface area contributed by atoms with E-state index in [0.717, 1.165) is 9.13 Å². The Labute approximate surface area is 130 Å². The summed E-state index contributed by atoms with van der Waals surface area (Å²) in [5.41, 5.74) is 6.53. The van der Waals surface area contributed by atoms with Crippen LogP contribution in [0.3, 0.4) is 0 Å². The molecule has 0 saturated heterocycles. The molecule has 98 valence electrons. The summed E-state index contributed by atoms with van der Waals surface area (Å²) in [6.45, 7) is 0.419. The lowest BCUT2D eigenvalue weighted by atomic mass is 10.2. The zero-order valence-electron chi connectivity index (χ0n) is 9.98. The summed E-state index contributed by atoms with van der Waals surface area (Å²) < 4.78 is 1.03. The first kappa shape index (κ1) is 14.1. The molecule has 0 aliphatic rings. The number of nitrogens with two attached hydrogens (primary N) is 1. The third-order valence-corrected chi connectivity index (χ3v) is 3.57. The Morgan fingerprint density at radius 3 is 2.63 bits per heavy atom. The van der Waals surface area contributed by atoms with E-state index in [9.17, 15) is 0 Å². The molecule has 0 unspecified atom stereocenters. The van der Waals surface area contributed by atoms with Crippen LogP contribution in [0.2, 0.25) is 5.02 Å². The summed E-state index contributed by atoms with van der Waals surface area (Å²) in [5.74, 6) is 0.571. The molecule has 0 radical (unpaired) electrons. The van der Waals surface area contributed by atoms with Gasteiger partial charge >= 0.3 is 0 Å². The van der Waals surface area contributed by atoms with E-state index in [2.05, 4.69) is 27.6 Å². The predicted molar refractivity (Wildman–Crippen MR) is 86.5 cm³/mol. The van der Waals surface area contributed by atoms with Gasteiger partial charge in [-0.05, 0) is 46.4 Å². The number of hydrogen-bond acceptors (Lipinski definition) is 2. The summed E-state index contributed by atoms with van der Waals surface area (Å²) in [6, 6.07) is 11.3. The van der Waals surface area contributed by atoms with Gasteiger partial charge in [0.25, 0.3) is 0 Å². The first-order chi connectivity index (χ1) is 9.08. The fourth-order valence-electron chi connectivity index (χ4n) is 1.61. The second-order valence-electron chi connectivity index (χ2n) is 3.90. The summed E-state index contributed by atoms with van der Waals surface area (Å²) >= 11 is 8.31. The number of benzene rings is 1. The Morgan fingerprint density at radius 1 is 1.32 bits per heavy atom. The second kappa shape index (κ2) is 6.21. The maximum atomic E-state index is 7.68. The lowest BCUT2D eigenvalue weighted by Gasteiger charge is -2.22. The number of hydrogen-bond donors (Lipinski definition) is 2. The van der Waals surface area contributed by atoms with Gasteiger partial charge in [-0.3, -0.25) is 10.3 Å². The topological polar surface area (TPSA) is 66.0 Å². The average molecular weight is 387 g/mol. The third-order valence-electron chi connectivity index (χ3n) is 2.57. The molecule has 0 atom stereocenters. The van der Waals surface area contributed by atoms with E-state index < -0.39 is 0 Å². The molecule has 4 nitrogen and oxygen atoms in total. The van der Waals surface area contributed by atoms with E-state index >= 15 is 0 Å². The lowest BCUT2D eigenvalue weighted by Crippen LogP contribution is -2.36. The molecular formula is C13H12ClIN4. The highest BCUT2D eigenvalue weighted by molar-refractivity contribution is 14.1. The van der Waals surface area contributed by atoms with Crippen molar-refractivity contribution in [2.75, 3.05) is 4.90 Å². The van der Waals surface area contributed by atoms with Gasteiger partial charge in [0.15, 0.2) is 5.96 Å². The quantitative estimate of drug-likeness (QED) is 0.483. The molecule has 0 spiro atoms. The summed E-state index contributed by atoms with van der Waals surface area (Å²) in [6.07, 6.45) is 1.73. The lowest BCUT2D eigenvalue weighted by molar-refractivity contribution is 0.957. The Balaban J connectivity index is 2.29. The third kappa shape index (κ3) is 3.57. The van der Waals surface area contributed by atoms with Crippen LogP contribution in [-0.2, 0) is 6.54 Å². The van der Waals surface area contributed by atoms with E-state index in [0.29, 0.717) is 17.4 Å². The Bertz CT molecular complexity index is 585. The summed E-state index contributed by atoms with van der Waals surface area (Å²) in [7, 11) is 0. The normalized spacial score (nSPS) is 10.2. The number of guanidine groups is 1. The fraction of sp³-hybridized carbons (Fsp3) is 0.0769. The average Bonchev–Trinajstić information content (AvgIpc) is 2.39. The van der Waals surface area contributed by atoms with Crippen molar-refractivity contribution in [1.82, 2.24) is 4.98 Å². The molecule has 0 aliphatic heterocycles. The molecular weight excluding hydrogens is 375 g/mol. The number of rotatable bonds is 3. The van der Waals surface area contributed by atoms with Gasteiger partial charge in [0.1, 0.15) is 5.82 Å². The molecule has 2 aromatic rings. The van der Waals surface area contributed by atoms with Crippen LogP contribution in [0.4, 0.5) is 5.82 Å². The van der Waals surface area contributed by atoms with Crippen molar-refractivity contribution < 1.29 is 0 Å². The van der Waals surface area contributed by atoms with Crippen LogP contribution < -0.4 is 10.6 Å². The van der Waals surface area contributed by atoms with Crippen LogP contribution >= 0.6 is 34.2 Å². The van der Waals surface area contributed by atoms with E-state index in [4.69, 9.17) is 22.7 Å². The zero-order valence-corrected chi connectivity index (χ0v) is 12.9. The van der Waals surface area contributed by atoms with Crippen molar-refractivity contribution in [1.29, 1.82) is 5.41 Å². The van der Waals surface area contributed by atoms with Crippen LogP contribution in [0, 0.1) is 8.98 Å². The SMILES string of the molecule is N=C(N)N(Cc1ccccc1Cl)c1ccc(I)cn1. The van der Waals surface area contributed by atoms with E-state index in [1.54, 1.807) is 11.1 Å². The van der Waals surface area contributed by atoms with Crippen LogP contribution in [0.15, 0.2) is 42.6 Å². The van der Waals surface area contributed by atoms with Crippen molar-refractivity contribution in [3.63, 3.8) is 0 Å². The molecule has 0 saturated carbocycles. The first-order valence-electron chi connectivity index (χ1n) is 5.54. The van der Waals surface area contributed by atoms with Gasteiger partial charge in [-0.25, -0.2) is 4.98 Å². The number of nitrogens with one attached hydrogen (secondary N) is 1. The minimum absolute atomic E-state index is 0.0615. The Hall–Kier alpha value is -1.34. The number of halogens is 2. The van der Waals surface area contributed by atoms with E-state index in [1.807, 2.05) is 36.4 Å². The van der Waals surface area contributed by atoms with Gasteiger partial charge in [0, 0.05) is 14.8 Å². The molecule has 6 heteroatoms. The van der Waals surface area contributed by atoms with Gasteiger partial charge < -0.3 is 5.73 Å². The standard InChI is InChI=1S/C13H12ClIN4/c14-11-4-2-1-3-9(11)8-19(13(16)17)12-6-5-10(15)7-18-12/h1-7H,8H2,(H3,16,17). The molecule has 0 fully saturated rings. The fourth-order valence-corrected chi connectivity index (χ4v) is 2.13. The van der Waals surface area contributed by atoms with Crippen molar-refractivity contribution in [3.05, 3.63) is 56.8 Å². The van der Waals surface area contributed by atoms with Gasteiger partial charge in [-0.15, -0.1) is 0 Å². The molecule has 2 rings (SSSR count). The Kier molecular flexibility index (Phi) is 4.60. The van der Waals surface area contributed by atoms with Gasteiger partial charge in [0.05, 0.1) is 6.54 Å². The number of pyridine rings is 1. The van der Waals surface area contributed by atoms with Crippen molar-refractivity contribution in [2.45, 2.75) is 6.54 Å². The van der Waals surface area contributed by atoms with Crippen molar-refractivity contribution in [2.24, 2.45) is 5.73 Å². The molecule has 1 heterocycles. The van der Waals surface area contributed by atoms with Gasteiger partial charge in [0.2, 0.25) is 0 Å². The second-order valence-corrected chi connectivity index (χ2v) is 5.55. The highest BCUT2D eigenvalue weighted by Gasteiger charge is 2.13. The zero-order chi connectivity index (χ0) is 13.8. The minimum Gasteiger partial charge on any atom is -0.370 e. The number of aromatic nitrogens is 1. The smallest absolute Gasteiger partial charge is 0.194 e. The van der Waals surface area contributed by atoms with Crippen LogP contribution in [0.5, 0.6) is 0 Å². The highest BCUT2D eigenvalue weighted by atomic mass is 127. The molecule has 1 aromatic carbocycles. The monoisotopic (exact) mass is 386 g/mol. The van der Waals surface area contributed by atoms with Gasteiger partial charge in [-0.2, -0.15) is 0 Å². The highest BCUT2D eigenvalue weighted by Crippen LogP contribution is 2.20.